The minimum atomic E-state index is 0.778. The second-order valence-electron chi connectivity index (χ2n) is 5.40. The molecule has 0 fully saturated rings. The molecule has 0 unspecified atom stereocenters. The summed E-state index contributed by atoms with van der Waals surface area (Å²) in [5, 5.41) is 4.16. The van der Waals surface area contributed by atoms with E-state index < -0.39 is 0 Å². The van der Waals surface area contributed by atoms with Crippen LogP contribution in [0.2, 0.25) is 5.02 Å². The number of benzene rings is 2. The SMILES string of the molecule is CCNCc1cc(Cl)ccc1N(C)c1ccc(C)cc1C. The van der Waals surface area contributed by atoms with Crippen LogP contribution in [0.15, 0.2) is 36.4 Å². The first-order chi connectivity index (χ1) is 10.0. The van der Waals surface area contributed by atoms with E-state index in [-0.39, 0.29) is 0 Å². The van der Waals surface area contributed by atoms with Gasteiger partial charge in [-0.25, -0.2) is 0 Å². The second-order valence-corrected chi connectivity index (χ2v) is 5.84. The zero-order chi connectivity index (χ0) is 15.4. The molecule has 2 rings (SSSR count). The maximum Gasteiger partial charge on any atom is 0.0454 e. The topological polar surface area (TPSA) is 15.3 Å². The number of aryl methyl sites for hydroxylation is 2. The third-order valence-corrected chi connectivity index (χ3v) is 3.92. The quantitative estimate of drug-likeness (QED) is 0.850. The van der Waals surface area contributed by atoms with E-state index in [9.17, 15) is 0 Å². The summed E-state index contributed by atoms with van der Waals surface area (Å²) in [6, 6.07) is 12.6. The first-order valence-electron chi connectivity index (χ1n) is 7.33. The Kier molecular flexibility index (Phi) is 5.27. The van der Waals surface area contributed by atoms with Gasteiger partial charge in [-0.05, 0) is 55.8 Å². The van der Waals surface area contributed by atoms with Crippen LogP contribution in [0.5, 0.6) is 0 Å². The van der Waals surface area contributed by atoms with Gasteiger partial charge in [0.25, 0.3) is 0 Å². The molecule has 21 heavy (non-hydrogen) atoms. The van der Waals surface area contributed by atoms with E-state index in [1.165, 1.54) is 28.1 Å². The van der Waals surface area contributed by atoms with Gasteiger partial charge in [-0.1, -0.05) is 36.2 Å². The Morgan fingerprint density at radius 1 is 1.05 bits per heavy atom. The number of rotatable bonds is 5. The molecule has 2 aromatic carbocycles. The largest absolute Gasteiger partial charge is 0.344 e. The van der Waals surface area contributed by atoms with Crippen molar-refractivity contribution in [3.05, 3.63) is 58.1 Å². The number of anilines is 2. The van der Waals surface area contributed by atoms with Crippen molar-refractivity contribution in [1.82, 2.24) is 5.32 Å². The molecule has 3 heteroatoms. The molecule has 0 aromatic heterocycles. The van der Waals surface area contributed by atoms with Gasteiger partial charge in [0, 0.05) is 30.0 Å². The first kappa shape index (κ1) is 15.9. The van der Waals surface area contributed by atoms with Crippen LogP contribution in [-0.2, 0) is 6.54 Å². The maximum absolute atomic E-state index is 6.15. The van der Waals surface area contributed by atoms with Gasteiger partial charge in [0.05, 0.1) is 0 Å². The molecule has 112 valence electrons. The van der Waals surface area contributed by atoms with Crippen LogP contribution in [-0.4, -0.2) is 13.6 Å². The van der Waals surface area contributed by atoms with Crippen molar-refractivity contribution in [3.8, 4) is 0 Å². The summed E-state index contributed by atoms with van der Waals surface area (Å²) in [5.41, 5.74) is 6.19. The number of halogens is 1. The molecule has 1 N–H and O–H groups in total. The minimum Gasteiger partial charge on any atom is -0.344 e. The molecule has 0 radical (unpaired) electrons. The third-order valence-electron chi connectivity index (χ3n) is 3.68. The molecule has 0 atom stereocenters. The molecule has 0 heterocycles. The predicted octanol–water partition coefficient (Wildman–Crippen LogP) is 4.83. The van der Waals surface area contributed by atoms with Gasteiger partial charge in [-0.3, -0.25) is 0 Å². The average Bonchev–Trinajstić information content (AvgIpc) is 2.44. The summed E-state index contributed by atoms with van der Waals surface area (Å²) in [4.78, 5) is 2.23. The summed E-state index contributed by atoms with van der Waals surface area (Å²) in [6.07, 6.45) is 0. The maximum atomic E-state index is 6.15. The van der Waals surface area contributed by atoms with Gasteiger partial charge >= 0.3 is 0 Å². The number of nitrogens with one attached hydrogen (secondary N) is 1. The lowest BCUT2D eigenvalue weighted by molar-refractivity contribution is 0.726. The molecule has 2 aromatic rings. The third kappa shape index (κ3) is 3.78. The lowest BCUT2D eigenvalue weighted by atomic mass is 10.1. The van der Waals surface area contributed by atoms with Crippen molar-refractivity contribution in [2.24, 2.45) is 0 Å². The van der Waals surface area contributed by atoms with E-state index in [0.717, 1.165) is 18.1 Å². The summed E-state index contributed by atoms with van der Waals surface area (Å²) in [7, 11) is 2.11. The van der Waals surface area contributed by atoms with Crippen molar-refractivity contribution in [1.29, 1.82) is 0 Å². The van der Waals surface area contributed by atoms with Gasteiger partial charge in [0.15, 0.2) is 0 Å². The molecule has 2 nitrogen and oxygen atoms in total. The standard InChI is InChI=1S/C18H23ClN2/c1-5-20-12-15-11-16(19)7-9-18(15)21(4)17-8-6-13(2)10-14(17)3/h6-11,20H,5,12H2,1-4H3. The van der Waals surface area contributed by atoms with Gasteiger partial charge < -0.3 is 10.2 Å². The van der Waals surface area contributed by atoms with Gasteiger partial charge in [-0.2, -0.15) is 0 Å². The lowest BCUT2D eigenvalue weighted by Gasteiger charge is -2.25. The molecular weight excluding hydrogens is 280 g/mol. The highest BCUT2D eigenvalue weighted by atomic mass is 35.5. The van der Waals surface area contributed by atoms with Crippen LogP contribution < -0.4 is 10.2 Å². The van der Waals surface area contributed by atoms with Gasteiger partial charge in [-0.15, -0.1) is 0 Å². The van der Waals surface area contributed by atoms with Crippen molar-refractivity contribution in [2.75, 3.05) is 18.5 Å². The summed E-state index contributed by atoms with van der Waals surface area (Å²) in [5.74, 6) is 0. The zero-order valence-electron chi connectivity index (χ0n) is 13.2. The van der Waals surface area contributed by atoms with Crippen LogP contribution in [0.4, 0.5) is 11.4 Å². The fourth-order valence-corrected chi connectivity index (χ4v) is 2.79. The van der Waals surface area contributed by atoms with Gasteiger partial charge in [0.2, 0.25) is 0 Å². The second kappa shape index (κ2) is 6.97. The molecule has 0 aliphatic rings. The molecule has 0 bridgehead atoms. The minimum absolute atomic E-state index is 0.778. The Balaban J connectivity index is 2.39. The Morgan fingerprint density at radius 3 is 2.43 bits per heavy atom. The summed E-state index contributed by atoms with van der Waals surface area (Å²) >= 11 is 6.15. The van der Waals surface area contributed by atoms with Gasteiger partial charge in [0.1, 0.15) is 0 Å². The Bertz CT molecular complexity index is 623. The van der Waals surface area contributed by atoms with E-state index in [0.29, 0.717) is 0 Å². The molecular formula is C18H23ClN2. The summed E-state index contributed by atoms with van der Waals surface area (Å²) in [6.45, 7) is 8.15. The predicted molar refractivity (Wildman–Crippen MR) is 92.8 cm³/mol. The normalized spacial score (nSPS) is 10.7. The van der Waals surface area contributed by atoms with E-state index >= 15 is 0 Å². The van der Waals surface area contributed by atoms with E-state index in [1.54, 1.807) is 0 Å². The van der Waals surface area contributed by atoms with Crippen LogP contribution in [0, 0.1) is 13.8 Å². The highest BCUT2D eigenvalue weighted by Gasteiger charge is 2.11. The smallest absolute Gasteiger partial charge is 0.0454 e. The highest BCUT2D eigenvalue weighted by molar-refractivity contribution is 6.30. The van der Waals surface area contributed by atoms with Crippen molar-refractivity contribution in [2.45, 2.75) is 27.3 Å². The van der Waals surface area contributed by atoms with Crippen LogP contribution in [0.1, 0.15) is 23.6 Å². The fourth-order valence-electron chi connectivity index (χ4n) is 2.59. The first-order valence-corrected chi connectivity index (χ1v) is 7.71. The van der Waals surface area contributed by atoms with Crippen LogP contribution >= 0.6 is 11.6 Å². The van der Waals surface area contributed by atoms with Crippen LogP contribution in [0.3, 0.4) is 0 Å². The van der Waals surface area contributed by atoms with Crippen molar-refractivity contribution < 1.29 is 0 Å². The molecule has 0 saturated carbocycles. The zero-order valence-corrected chi connectivity index (χ0v) is 14.0. The van der Waals surface area contributed by atoms with Crippen molar-refractivity contribution >= 4 is 23.0 Å². The molecule has 0 aliphatic carbocycles. The Labute approximate surface area is 132 Å². The number of hydrogen-bond donors (Lipinski definition) is 1. The van der Waals surface area contributed by atoms with Crippen LogP contribution in [0.25, 0.3) is 0 Å². The monoisotopic (exact) mass is 302 g/mol. The molecule has 0 spiro atoms. The van der Waals surface area contributed by atoms with E-state index in [4.69, 9.17) is 11.6 Å². The lowest BCUT2D eigenvalue weighted by Crippen LogP contribution is -2.17. The molecule has 0 aliphatic heterocycles. The highest BCUT2D eigenvalue weighted by Crippen LogP contribution is 2.31. The number of hydrogen-bond acceptors (Lipinski definition) is 2. The van der Waals surface area contributed by atoms with Crippen molar-refractivity contribution in [3.63, 3.8) is 0 Å². The van der Waals surface area contributed by atoms with E-state index in [1.807, 2.05) is 12.1 Å². The fraction of sp³-hybridized carbons (Fsp3) is 0.333. The Hall–Kier alpha value is -1.51. The summed E-state index contributed by atoms with van der Waals surface area (Å²) < 4.78 is 0. The number of nitrogens with zero attached hydrogens (tertiary/aromatic N) is 1. The Morgan fingerprint density at radius 2 is 1.76 bits per heavy atom. The van der Waals surface area contributed by atoms with E-state index in [2.05, 4.69) is 62.3 Å². The average molecular weight is 303 g/mol. The molecule has 0 saturated heterocycles. The molecule has 0 amide bonds.